The quantitative estimate of drug-likeness (QED) is 0.608. The largest absolute Gasteiger partial charge is 0.457 e. The average Bonchev–Trinajstić information content (AvgIpc) is 2.39. The molecule has 0 fully saturated rings. The lowest BCUT2D eigenvalue weighted by molar-refractivity contribution is 0.152. The molecule has 0 radical (unpaired) electrons. The van der Waals surface area contributed by atoms with Crippen LogP contribution in [0.1, 0.15) is 32.6 Å². The van der Waals surface area contributed by atoms with Gasteiger partial charge in [0, 0.05) is 12.2 Å². The van der Waals surface area contributed by atoms with E-state index in [1.165, 1.54) is 0 Å². The maximum atomic E-state index is 9.37. The molecule has 0 saturated heterocycles. The maximum absolute atomic E-state index is 9.37. The number of aliphatic hydroxyl groups is 1. The molecule has 1 rings (SSSR count). The number of ether oxygens (including phenoxy) is 2. The molecule has 0 aliphatic heterocycles. The fourth-order valence-electron chi connectivity index (χ4n) is 1.46. The van der Waals surface area contributed by atoms with Crippen molar-refractivity contribution in [2.75, 3.05) is 6.61 Å². The summed E-state index contributed by atoms with van der Waals surface area (Å²) in [6.45, 7) is 2.51. The fourth-order valence-corrected chi connectivity index (χ4v) is 1.64. The minimum atomic E-state index is -0.197. The molecule has 18 heavy (non-hydrogen) atoms. The van der Waals surface area contributed by atoms with Crippen LogP contribution in [0, 0.1) is 0 Å². The van der Waals surface area contributed by atoms with Gasteiger partial charge in [-0.2, -0.15) is 0 Å². The van der Waals surface area contributed by atoms with Crippen molar-refractivity contribution in [1.82, 2.24) is 0 Å². The first-order valence-corrected chi connectivity index (χ1v) is 6.71. The average molecular weight is 268 g/mol. The standard InChI is InChI=1S/C14H20O3S/c1-2-12(15)8-6-7-11-16-14(18)17-13-9-4-3-5-10-13/h3-5,9-10,12,15H,2,6-8,11H2,1H3. The van der Waals surface area contributed by atoms with Crippen LogP contribution in [0.25, 0.3) is 0 Å². The normalized spacial score (nSPS) is 11.9. The molecule has 0 bridgehead atoms. The van der Waals surface area contributed by atoms with Crippen LogP contribution in [0.2, 0.25) is 0 Å². The number of hydrogen-bond donors (Lipinski definition) is 1. The molecule has 1 N–H and O–H groups in total. The molecule has 0 aromatic heterocycles. The lowest BCUT2D eigenvalue weighted by atomic mass is 10.1. The lowest BCUT2D eigenvalue weighted by Gasteiger charge is -2.09. The van der Waals surface area contributed by atoms with Crippen molar-refractivity contribution >= 4 is 17.5 Å². The molecule has 1 atom stereocenters. The molecule has 0 amide bonds. The molecular weight excluding hydrogens is 248 g/mol. The van der Waals surface area contributed by atoms with Crippen molar-refractivity contribution in [3.63, 3.8) is 0 Å². The predicted octanol–water partition coefficient (Wildman–Crippen LogP) is 3.31. The van der Waals surface area contributed by atoms with Gasteiger partial charge in [-0.25, -0.2) is 0 Å². The van der Waals surface area contributed by atoms with Crippen molar-refractivity contribution in [2.24, 2.45) is 0 Å². The third-order valence-corrected chi connectivity index (χ3v) is 2.77. The number of unbranched alkanes of at least 4 members (excludes halogenated alkanes) is 1. The second-order valence-corrected chi connectivity index (χ2v) is 4.40. The van der Waals surface area contributed by atoms with Gasteiger partial charge in [0.15, 0.2) is 0 Å². The Morgan fingerprint density at radius 2 is 2.00 bits per heavy atom. The van der Waals surface area contributed by atoms with Gasteiger partial charge in [-0.15, -0.1) is 0 Å². The molecular formula is C14H20O3S. The van der Waals surface area contributed by atoms with Crippen molar-refractivity contribution in [3.05, 3.63) is 30.3 Å². The second kappa shape index (κ2) is 8.89. The van der Waals surface area contributed by atoms with Gasteiger partial charge < -0.3 is 14.6 Å². The summed E-state index contributed by atoms with van der Waals surface area (Å²) in [6.07, 6.45) is 3.22. The molecule has 0 heterocycles. The SMILES string of the molecule is CCC(O)CCCCOC(=S)Oc1ccccc1. The van der Waals surface area contributed by atoms with Crippen LogP contribution in [0.15, 0.2) is 30.3 Å². The Morgan fingerprint density at radius 3 is 2.67 bits per heavy atom. The molecule has 100 valence electrons. The number of aliphatic hydroxyl groups excluding tert-OH is 1. The predicted molar refractivity (Wildman–Crippen MR) is 75.8 cm³/mol. The van der Waals surface area contributed by atoms with Gasteiger partial charge in [0.05, 0.1) is 12.7 Å². The van der Waals surface area contributed by atoms with Crippen molar-refractivity contribution in [3.8, 4) is 5.75 Å². The van der Waals surface area contributed by atoms with E-state index >= 15 is 0 Å². The van der Waals surface area contributed by atoms with Gasteiger partial charge >= 0.3 is 5.24 Å². The molecule has 4 heteroatoms. The van der Waals surface area contributed by atoms with E-state index < -0.39 is 0 Å². The Bertz CT molecular complexity index is 340. The molecule has 0 aliphatic rings. The van der Waals surface area contributed by atoms with Crippen LogP contribution in [0.4, 0.5) is 0 Å². The van der Waals surface area contributed by atoms with E-state index in [0.29, 0.717) is 12.4 Å². The highest BCUT2D eigenvalue weighted by Gasteiger charge is 2.02. The summed E-state index contributed by atoms with van der Waals surface area (Å²) in [5.74, 6) is 0.684. The Labute approximate surface area is 114 Å². The summed E-state index contributed by atoms with van der Waals surface area (Å²) in [7, 11) is 0. The van der Waals surface area contributed by atoms with Gasteiger partial charge in [-0.1, -0.05) is 25.1 Å². The summed E-state index contributed by atoms with van der Waals surface area (Å²) < 4.78 is 10.6. The van der Waals surface area contributed by atoms with Crippen LogP contribution in [-0.4, -0.2) is 23.1 Å². The number of para-hydroxylation sites is 1. The Morgan fingerprint density at radius 1 is 1.28 bits per heavy atom. The first-order chi connectivity index (χ1) is 8.72. The number of thiocarbonyl (C=S) groups is 1. The Kier molecular flexibility index (Phi) is 7.37. The highest BCUT2D eigenvalue weighted by molar-refractivity contribution is 7.79. The van der Waals surface area contributed by atoms with E-state index in [9.17, 15) is 5.11 Å². The van der Waals surface area contributed by atoms with E-state index in [-0.39, 0.29) is 11.3 Å². The van der Waals surface area contributed by atoms with Gasteiger partial charge in [0.25, 0.3) is 0 Å². The van der Waals surface area contributed by atoms with Gasteiger partial charge in [0.1, 0.15) is 5.75 Å². The van der Waals surface area contributed by atoms with E-state index in [1.54, 1.807) is 0 Å². The summed E-state index contributed by atoms with van der Waals surface area (Å²) >= 11 is 4.97. The summed E-state index contributed by atoms with van der Waals surface area (Å²) in [6, 6.07) is 9.32. The smallest absolute Gasteiger partial charge is 0.357 e. The monoisotopic (exact) mass is 268 g/mol. The molecule has 0 aliphatic carbocycles. The zero-order chi connectivity index (χ0) is 13.2. The molecule has 1 aromatic rings. The number of rotatable bonds is 7. The highest BCUT2D eigenvalue weighted by Crippen LogP contribution is 2.10. The van der Waals surface area contributed by atoms with E-state index in [1.807, 2.05) is 37.3 Å². The topological polar surface area (TPSA) is 38.7 Å². The van der Waals surface area contributed by atoms with Crippen molar-refractivity contribution in [2.45, 2.75) is 38.7 Å². The van der Waals surface area contributed by atoms with Crippen LogP contribution in [0.5, 0.6) is 5.75 Å². The van der Waals surface area contributed by atoms with E-state index in [4.69, 9.17) is 21.7 Å². The van der Waals surface area contributed by atoms with E-state index in [2.05, 4.69) is 0 Å². The minimum absolute atomic E-state index is 0.150. The number of benzene rings is 1. The molecule has 0 saturated carbocycles. The van der Waals surface area contributed by atoms with Gasteiger partial charge in [-0.3, -0.25) is 0 Å². The maximum Gasteiger partial charge on any atom is 0.357 e. The molecule has 3 nitrogen and oxygen atoms in total. The van der Waals surface area contributed by atoms with Crippen LogP contribution >= 0.6 is 12.2 Å². The second-order valence-electron chi connectivity index (χ2n) is 4.07. The number of hydrogen-bond acceptors (Lipinski definition) is 4. The van der Waals surface area contributed by atoms with E-state index in [0.717, 1.165) is 25.7 Å². The first kappa shape index (κ1) is 14.9. The third-order valence-electron chi connectivity index (χ3n) is 2.57. The third kappa shape index (κ3) is 6.57. The highest BCUT2D eigenvalue weighted by atomic mass is 32.1. The Hall–Kier alpha value is -1.13. The van der Waals surface area contributed by atoms with Gasteiger partial charge in [0.2, 0.25) is 0 Å². The zero-order valence-electron chi connectivity index (χ0n) is 10.7. The minimum Gasteiger partial charge on any atom is -0.457 e. The Balaban J connectivity index is 2.07. The van der Waals surface area contributed by atoms with Crippen molar-refractivity contribution < 1.29 is 14.6 Å². The lowest BCUT2D eigenvalue weighted by Crippen LogP contribution is -2.11. The van der Waals surface area contributed by atoms with Crippen LogP contribution in [0.3, 0.4) is 0 Å². The molecule has 1 unspecified atom stereocenters. The zero-order valence-corrected chi connectivity index (χ0v) is 11.5. The molecule has 1 aromatic carbocycles. The van der Waals surface area contributed by atoms with Crippen LogP contribution in [-0.2, 0) is 4.74 Å². The van der Waals surface area contributed by atoms with Crippen molar-refractivity contribution in [1.29, 1.82) is 0 Å². The van der Waals surface area contributed by atoms with Gasteiger partial charge in [-0.05, 0) is 37.8 Å². The van der Waals surface area contributed by atoms with Crippen LogP contribution < -0.4 is 4.74 Å². The summed E-state index contributed by atoms with van der Waals surface area (Å²) in [4.78, 5) is 0. The summed E-state index contributed by atoms with van der Waals surface area (Å²) in [5, 5.41) is 9.52. The summed E-state index contributed by atoms with van der Waals surface area (Å²) in [5.41, 5.74) is 0. The fraction of sp³-hybridized carbons (Fsp3) is 0.500. The molecule has 0 spiro atoms. The first-order valence-electron chi connectivity index (χ1n) is 6.30.